The van der Waals surface area contributed by atoms with Gasteiger partial charge in [-0.25, -0.2) is 16.8 Å². The number of nitrogens with zero attached hydrogens (tertiary/aromatic N) is 2. The summed E-state index contributed by atoms with van der Waals surface area (Å²) in [4.78, 5) is 13.2. The summed E-state index contributed by atoms with van der Waals surface area (Å²) in [6, 6.07) is 9.67. The van der Waals surface area contributed by atoms with E-state index in [0.29, 0.717) is 24.6 Å². The van der Waals surface area contributed by atoms with E-state index in [-0.39, 0.29) is 35.2 Å². The molecule has 0 saturated carbocycles. The Morgan fingerprint density at radius 1 is 1.08 bits per heavy atom. The minimum absolute atomic E-state index is 0.105. The first-order chi connectivity index (χ1) is 18.0. The number of sulfonamides is 2. The number of piperidine rings is 1. The van der Waals surface area contributed by atoms with E-state index in [4.69, 9.17) is 21.1 Å². The zero-order chi connectivity index (χ0) is 27.9. The Hall–Kier alpha value is -2.54. The molecule has 1 heterocycles. The zero-order valence-corrected chi connectivity index (χ0v) is 24.1. The number of nitrogens with one attached hydrogen (secondary N) is 1. The first kappa shape index (κ1) is 30.0. The molecule has 2 aromatic rings. The Morgan fingerprint density at radius 3 is 2.29 bits per heavy atom. The van der Waals surface area contributed by atoms with Crippen molar-refractivity contribution in [2.45, 2.75) is 43.5 Å². The molecule has 0 spiro atoms. The lowest BCUT2D eigenvalue weighted by Gasteiger charge is -2.30. The first-order valence-electron chi connectivity index (χ1n) is 12.3. The number of anilines is 1. The molecule has 13 heteroatoms. The number of amides is 1. The second kappa shape index (κ2) is 13.0. The van der Waals surface area contributed by atoms with Crippen LogP contribution in [-0.2, 0) is 24.8 Å². The van der Waals surface area contributed by atoms with Crippen molar-refractivity contribution in [3.63, 3.8) is 0 Å². The number of rotatable bonds is 12. The van der Waals surface area contributed by atoms with Crippen molar-refractivity contribution in [3.05, 3.63) is 47.5 Å². The maximum atomic E-state index is 13.0. The van der Waals surface area contributed by atoms with E-state index in [1.54, 1.807) is 19.1 Å². The molecule has 1 aliphatic heterocycles. The fourth-order valence-electron chi connectivity index (χ4n) is 4.28. The molecule has 210 valence electrons. The van der Waals surface area contributed by atoms with Gasteiger partial charge in [-0.1, -0.05) is 24.9 Å². The van der Waals surface area contributed by atoms with E-state index < -0.39 is 32.0 Å². The molecule has 0 unspecified atom stereocenters. The summed E-state index contributed by atoms with van der Waals surface area (Å²) in [6.07, 6.45) is 4.01. The van der Waals surface area contributed by atoms with Crippen molar-refractivity contribution in [2.75, 3.05) is 43.9 Å². The number of hydrogen-bond acceptors (Lipinski definition) is 7. The van der Waals surface area contributed by atoms with Gasteiger partial charge in [-0.15, -0.1) is 0 Å². The number of carbonyl (C=O) groups is 1. The van der Waals surface area contributed by atoms with E-state index in [1.807, 2.05) is 0 Å². The summed E-state index contributed by atoms with van der Waals surface area (Å²) in [5.74, 6) is 0.349. The van der Waals surface area contributed by atoms with Crippen LogP contribution in [0.25, 0.3) is 0 Å². The van der Waals surface area contributed by atoms with Gasteiger partial charge in [-0.2, -0.15) is 4.31 Å². The van der Waals surface area contributed by atoms with Crippen LogP contribution < -0.4 is 19.1 Å². The highest BCUT2D eigenvalue weighted by atomic mass is 35.5. The van der Waals surface area contributed by atoms with E-state index in [1.165, 1.54) is 41.7 Å². The molecule has 0 bridgehead atoms. The van der Waals surface area contributed by atoms with E-state index in [2.05, 4.69) is 5.32 Å². The molecule has 1 atom stereocenters. The average molecular weight is 588 g/mol. The van der Waals surface area contributed by atoms with E-state index >= 15 is 0 Å². The van der Waals surface area contributed by atoms with Crippen molar-refractivity contribution in [3.8, 4) is 11.5 Å². The van der Waals surface area contributed by atoms with Crippen LogP contribution in [-0.4, -0.2) is 72.7 Å². The van der Waals surface area contributed by atoms with Gasteiger partial charge < -0.3 is 14.8 Å². The third-order valence-electron chi connectivity index (χ3n) is 6.17. The lowest BCUT2D eigenvalue weighted by atomic mass is 10.2. The highest BCUT2D eigenvalue weighted by molar-refractivity contribution is 7.92. The molecule has 0 aliphatic carbocycles. The molecule has 38 heavy (non-hydrogen) atoms. The van der Waals surface area contributed by atoms with Crippen molar-refractivity contribution < 1.29 is 31.1 Å². The van der Waals surface area contributed by atoms with Crippen LogP contribution in [0.2, 0.25) is 5.02 Å². The minimum atomic E-state index is -3.82. The maximum Gasteiger partial charge on any atom is 0.244 e. The molecule has 1 aliphatic rings. The number of carbonyl (C=O) groups excluding carboxylic acids is 1. The molecule has 1 amide bonds. The number of hydrogen-bond donors (Lipinski definition) is 1. The van der Waals surface area contributed by atoms with Gasteiger partial charge in [0.25, 0.3) is 0 Å². The van der Waals surface area contributed by atoms with Crippen molar-refractivity contribution in [1.29, 1.82) is 0 Å². The molecule has 1 saturated heterocycles. The highest BCUT2D eigenvalue weighted by Crippen LogP contribution is 2.32. The number of methoxy groups -OCH3 is 1. The molecule has 2 aromatic carbocycles. The lowest BCUT2D eigenvalue weighted by Crippen LogP contribution is -2.50. The van der Waals surface area contributed by atoms with Crippen molar-refractivity contribution in [2.24, 2.45) is 0 Å². The van der Waals surface area contributed by atoms with Gasteiger partial charge in [0, 0.05) is 13.1 Å². The third kappa shape index (κ3) is 7.31. The van der Waals surface area contributed by atoms with Crippen LogP contribution >= 0.6 is 11.6 Å². The van der Waals surface area contributed by atoms with Crippen LogP contribution in [0.5, 0.6) is 11.5 Å². The Bertz CT molecular complexity index is 1310. The summed E-state index contributed by atoms with van der Waals surface area (Å²) < 4.78 is 64.1. The smallest absolute Gasteiger partial charge is 0.244 e. The number of ether oxygens (including phenoxy) is 2. The normalized spacial score (nSPS) is 15.5. The van der Waals surface area contributed by atoms with Crippen LogP contribution in [0.4, 0.5) is 5.69 Å². The van der Waals surface area contributed by atoms with E-state index in [0.717, 1.165) is 29.8 Å². The lowest BCUT2D eigenvalue weighted by molar-refractivity contribution is -0.122. The molecule has 10 nitrogen and oxygen atoms in total. The number of halogens is 1. The highest BCUT2D eigenvalue weighted by Gasteiger charge is 2.32. The quantitative estimate of drug-likeness (QED) is 0.378. The van der Waals surface area contributed by atoms with Gasteiger partial charge in [-0.3, -0.25) is 9.10 Å². The monoisotopic (exact) mass is 587 g/mol. The number of benzene rings is 2. The first-order valence-corrected chi connectivity index (χ1v) is 16.0. The minimum Gasteiger partial charge on any atom is -0.495 e. The Labute approximate surface area is 230 Å². The largest absolute Gasteiger partial charge is 0.495 e. The SMILES string of the molecule is CC[C@H](C(=O)NCCOc1ccc(S(=O)(=O)N2CCCCC2)cc1)N(c1ccc(OC)c(Cl)c1)S(C)(=O)=O. The van der Waals surface area contributed by atoms with Crippen LogP contribution in [0.15, 0.2) is 47.4 Å². The van der Waals surface area contributed by atoms with E-state index in [9.17, 15) is 21.6 Å². The molecule has 1 fully saturated rings. The van der Waals surface area contributed by atoms with Gasteiger partial charge in [0.15, 0.2) is 0 Å². The standard InChI is InChI=1S/C25H34ClN3O7S2/c1-4-23(29(37(3,31)32)19-8-13-24(35-2)22(26)18-19)25(30)27-14-17-36-20-9-11-21(12-10-20)38(33,34)28-15-6-5-7-16-28/h8-13,18,23H,4-7,14-17H2,1-3H3,(H,27,30)/t23-/m1/s1. The molecule has 0 aromatic heterocycles. The Kier molecular flexibility index (Phi) is 10.3. The van der Waals surface area contributed by atoms with Crippen LogP contribution in [0, 0.1) is 0 Å². The average Bonchev–Trinajstić information content (AvgIpc) is 2.89. The van der Waals surface area contributed by atoms with Gasteiger partial charge in [0.1, 0.15) is 24.1 Å². The van der Waals surface area contributed by atoms with Crippen LogP contribution in [0.1, 0.15) is 32.6 Å². The molecular formula is C25H34ClN3O7S2. The second-order valence-corrected chi connectivity index (χ2v) is 13.1. The summed E-state index contributed by atoms with van der Waals surface area (Å²) in [7, 11) is -5.90. The van der Waals surface area contributed by atoms with Crippen molar-refractivity contribution >= 4 is 43.2 Å². The summed E-state index contributed by atoms with van der Waals surface area (Å²) in [5, 5.41) is 2.93. The summed E-state index contributed by atoms with van der Waals surface area (Å²) in [6.45, 7) is 2.99. The Balaban J connectivity index is 1.59. The Morgan fingerprint density at radius 2 is 1.74 bits per heavy atom. The predicted octanol–water partition coefficient (Wildman–Crippen LogP) is 3.26. The van der Waals surface area contributed by atoms with Gasteiger partial charge in [0.2, 0.25) is 26.0 Å². The zero-order valence-electron chi connectivity index (χ0n) is 21.7. The molecule has 1 N–H and O–H groups in total. The summed E-state index contributed by atoms with van der Waals surface area (Å²) in [5.41, 5.74) is 0.246. The second-order valence-electron chi connectivity index (χ2n) is 8.88. The van der Waals surface area contributed by atoms with Crippen molar-refractivity contribution in [1.82, 2.24) is 9.62 Å². The van der Waals surface area contributed by atoms with Gasteiger partial charge in [-0.05, 0) is 61.7 Å². The van der Waals surface area contributed by atoms with Gasteiger partial charge in [0.05, 0.1) is 35.5 Å². The van der Waals surface area contributed by atoms with Gasteiger partial charge >= 0.3 is 0 Å². The molecule has 0 radical (unpaired) electrons. The summed E-state index contributed by atoms with van der Waals surface area (Å²) >= 11 is 6.19. The molecule has 3 rings (SSSR count). The third-order valence-corrected chi connectivity index (χ3v) is 9.55. The fourth-order valence-corrected chi connectivity index (χ4v) is 7.25. The topological polar surface area (TPSA) is 122 Å². The maximum absolute atomic E-state index is 13.0. The molecular weight excluding hydrogens is 554 g/mol. The van der Waals surface area contributed by atoms with Crippen LogP contribution in [0.3, 0.4) is 0 Å². The predicted molar refractivity (Wildman–Crippen MR) is 147 cm³/mol. The fraction of sp³-hybridized carbons (Fsp3) is 0.480.